The molecule has 0 atom stereocenters. The van der Waals surface area contributed by atoms with Gasteiger partial charge in [-0.1, -0.05) is 13.3 Å². The van der Waals surface area contributed by atoms with Crippen molar-refractivity contribution >= 4 is 34.1 Å². The lowest BCUT2D eigenvalue weighted by Crippen LogP contribution is -2.13. The van der Waals surface area contributed by atoms with Gasteiger partial charge in [-0.05, 0) is 68.3 Å². The quantitative estimate of drug-likeness (QED) is 0.565. The summed E-state index contributed by atoms with van der Waals surface area (Å²) in [6, 6.07) is 12.8. The highest BCUT2D eigenvalue weighted by molar-refractivity contribution is 6.06. The van der Waals surface area contributed by atoms with Gasteiger partial charge >= 0.3 is 0 Å². The normalized spacial score (nSPS) is 10.8. The Labute approximate surface area is 159 Å². The first-order valence-corrected chi connectivity index (χ1v) is 9.28. The van der Waals surface area contributed by atoms with E-state index in [1.807, 2.05) is 32.0 Å². The topological polar surface area (TPSA) is 74.0 Å². The van der Waals surface area contributed by atoms with Crippen molar-refractivity contribution in [3.63, 3.8) is 0 Å². The van der Waals surface area contributed by atoms with E-state index in [1.165, 1.54) is 0 Å². The number of H-pyrrole nitrogens is 1. The molecule has 3 aromatic rings. The molecule has 0 aliphatic carbocycles. The molecule has 1 aromatic heterocycles. The zero-order chi connectivity index (χ0) is 19.4. The molecule has 3 rings (SSSR count). The first-order chi connectivity index (χ1) is 13.0. The number of nitrogens with one attached hydrogen (secondary N) is 3. The van der Waals surface area contributed by atoms with E-state index in [4.69, 9.17) is 0 Å². The molecule has 3 N–H and O–H groups in total. The van der Waals surface area contributed by atoms with Gasteiger partial charge in [-0.15, -0.1) is 0 Å². The molecule has 0 fully saturated rings. The van der Waals surface area contributed by atoms with Crippen molar-refractivity contribution in [2.45, 2.75) is 40.0 Å². The number of anilines is 2. The van der Waals surface area contributed by atoms with Crippen LogP contribution in [0.5, 0.6) is 0 Å². The third-order valence-electron chi connectivity index (χ3n) is 4.75. The first kappa shape index (κ1) is 18.7. The molecular weight excluding hydrogens is 338 g/mol. The summed E-state index contributed by atoms with van der Waals surface area (Å²) in [5, 5.41) is 6.83. The summed E-state index contributed by atoms with van der Waals surface area (Å²) in [4.78, 5) is 27.6. The van der Waals surface area contributed by atoms with Gasteiger partial charge in [0.05, 0.1) is 0 Å². The Hall–Kier alpha value is -3.08. The highest BCUT2D eigenvalue weighted by Crippen LogP contribution is 2.23. The molecule has 0 spiro atoms. The lowest BCUT2D eigenvalue weighted by Gasteiger charge is -2.08. The number of aromatic amines is 1. The molecule has 2 aromatic carbocycles. The maximum Gasteiger partial charge on any atom is 0.255 e. The minimum Gasteiger partial charge on any atom is -0.358 e. The number of aryl methyl sites for hydroxylation is 2. The van der Waals surface area contributed by atoms with Crippen molar-refractivity contribution in [3.05, 3.63) is 59.3 Å². The summed E-state index contributed by atoms with van der Waals surface area (Å²) >= 11 is 0. The number of carbonyl (C=O) groups is 2. The maximum absolute atomic E-state index is 12.6. The first-order valence-electron chi connectivity index (χ1n) is 9.28. The van der Waals surface area contributed by atoms with Crippen LogP contribution < -0.4 is 10.6 Å². The molecule has 0 unspecified atom stereocenters. The summed E-state index contributed by atoms with van der Waals surface area (Å²) in [5.41, 5.74) is 5.33. The Morgan fingerprint density at radius 2 is 1.63 bits per heavy atom. The third-order valence-corrected chi connectivity index (χ3v) is 4.75. The van der Waals surface area contributed by atoms with Crippen molar-refractivity contribution in [1.82, 2.24) is 4.98 Å². The molecule has 0 aliphatic heterocycles. The minimum absolute atomic E-state index is 0.0131. The van der Waals surface area contributed by atoms with Gasteiger partial charge in [-0.25, -0.2) is 0 Å². The van der Waals surface area contributed by atoms with Crippen LogP contribution in [0.15, 0.2) is 42.5 Å². The van der Waals surface area contributed by atoms with Crippen molar-refractivity contribution in [3.8, 4) is 0 Å². The van der Waals surface area contributed by atoms with Gasteiger partial charge < -0.3 is 15.6 Å². The lowest BCUT2D eigenvalue weighted by molar-refractivity contribution is -0.116. The zero-order valence-electron chi connectivity index (χ0n) is 16.0. The predicted octanol–water partition coefficient (Wildman–Crippen LogP) is 5.17. The molecule has 5 nitrogen and oxygen atoms in total. The second-order valence-corrected chi connectivity index (χ2v) is 6.82. The largest absolute Gasteiger partial charge is 0.358 e. The molecule has 0 aliphatic rings. The molecule has 27 heavy (non-hydrogen) atoms. The summed E-state index contributed by atoms with van der Waals surface area (Å²) < 4.78 is 0. The van der Waals surface area contributed by atoms with Crippen LogP contribution in [-0.2, 0) is 4.79 Å². The number of hydrogen-bond acceptors (Lipinski definition) is 2. The van der Waals surface area contributed by atoms with E-state index in [0.717, 1.165) is 40.7 Å². The molecule has 0 bridgehead atoms. The zero-order valence-corrected chi connectivity index (χ0v) is 16.0. The Kier molecular flexibility index (Phi) is 5.60. The Balaban J connectivity index is 1.67. The lowest BCUT2D eigenvalue weighted by atomic mass is 10.1. The van der Waals surface area contributed by atoms with Crippen LogP contribution in [0.25, 0.3) is 10.9 Å². The number of benzene rings is 2. The number of aromatic nitrogens is 1. The van der Waals surface area contributed by atoms with Gasteiger partial charge in [-0.2, -0.15) is 0 Å². The van der Waals surface area contributed by atoms with E-state index < -0.39 is 0 Å². The second-order valence-electron chi connectivity index (χ2n) is 6.82. The van der Waals surface area contributed by atoms with Gasteiger partial charge in [0.25, 0.3) is 5.91 Å². The van der Waals surface area contributed by atoms with Crippen LogP contribution in [-0.4, -0.2) is 16.8 Å². The Morgan fingerprint density at radius 1 is 0.963 bits per heavy atom. The summed E-state index contributed by atoms with van der Waals surface area (Å²) in [5.74, 6) is -0.144. The van der Waals surface area contributed by atoms with Gasteiger partial charge in [0.15, 0.2) is 0 Å². The Bertz CT molecular complexity index is 971. The standard InChI is InChI=1S/C22H25N3O2/c1-4-5-6-21(26)24-17-8-10-18(11-9-17)25-22(27)16-7-12-20-19(13-16)14(2)15(3)23-20/h7-13,23H,4-6H2,1-3H3,(H,24,26)(H,25,27). The molecule has 140 valence electrons. The van der Waals surface area contributed by atoms with Crippen molar-refractivity contribution in [2.24, 2.45) is 0 Å². The van der Waals surface area contributed by atoms with Crippen LogP contribution in [0, 0.1) is 13.8 Å². The number of hydrogen-bond donors (Lipinski definition) is 3. The van der Waals surface area contributed by atoms with Crippen LogP contribution in [0.2, 0.25) is 0 Å². The fourth-order valence-electron chi connectivity index (χ4n) is 3.00. The third kappa shape index (κ3) is 4.37. The number of unbranched alkanes of at least 4 members (excludes halogenated alkanes) is 1. The van der Waals surface area contributed by atoms with Crippen LogP contribution in [0.3, 0.4) is 0 Å². The predicted molar refractivity (Wildman–Crippen MR) is 110 cm³/mol. The fraction of sp³-hybridized carbons (Fsp3) is 0.273. The van der Waals surface area contributed by atoms with E-state index in [0.29, 0.717) is 17.7 Å². The molecule has 0 saturated carbocycles. The Morgan fingerprint density at radius 3 is 2.30 bits per heavy atom. The van der Waals surface area contributed by atoms with Gasteiger partial charge in [0.2, 0.25) is 5.91 Å². The van der Waals surface area contributed by atoms with Gasteiger partial charge in [0, 0.05) is 40.0 Å². The fourth-order valence-corrected chi connectivity index (χ4v) is 3.00. The number of amides is 2. The van der Waals surface area contributed by atoms with Crippen LogP contribution >= 0.6 is 0 Å². The highest BCUT2D eigenvalue weighted by atomic mass is 16.2. The SMILES string of the molecule is CCCCC(=O)Nc1ccc(NC(=O)c2ccc3[nH]c(C)c(C)c3c2)cc1. The van der Waals surface area contributed by atoms with Crippen LogP contribution in [0.4, 0.5) is 11.4 Å². The monoisotopic (exact) mass is 363 g/mol. The molecule has 1 heterocycles. The molecule has 2 amide bonds. The van der Waals surface area contributed by atoms with E-state index in [2.05, 4.69) is 22.5 Å². The van der Waals surface area contributed by atoms with Crippen molar-refractivity contribution in [2.75, 3.05) is 10.6 Å². The van der Waals surface area contributed by atoms with Crippen LogP contribution in [0.1, 0.15) is 47.8 Å². The smallest absolute Gasteiger partial charge is 0.255 e. The van der Waals surface area contributed by atoms with Gasteiger partial charge in [-0.3, -0.25) is 9.59 Å². The summed E-state index contributed by atoms with van der Waals surface area (Å²) in [6.45, 7) is 6.13. The van der Waals surface area contributed by atoms with E-state index >= 15 is 0 Å². The maximum atomic E-state index is 12.6. The minimum atomic E-state index is -0.158. The summed E-state index contributed by atoms with van der Waals surface area (Å²) in [6.07, 6.45) is 2.39. The van der Waals surface area contributed by atoms with Gasteiger partial charge in [0.1, 0.15) is 0 Å². The van der Waals surface area contributed by atoms with E-state index in [-0.39, 0.29) is 11.8 Å². The number of rotatable bonds is 6. The average Bonchev–Trinajstić information content (AvgIpc) is 2.95. The van der Waals surface area contributed by atoms with E-state index in [9.17, 15) is 9.59 Å². The molecule has 5 heteroatoms. The van der Waals surface area contributed by atoms with E-state index in [1.54, 1.807) is 24.3 Å². The second kappa shape index (κ2) is 8.08. The average molecular weight is 363 g/mol. The molecule has 0 saturated heterocycles. The number of fused-ring (bicyclic) bond motifs is 1. The summed E-state index contributed by atoms with van der Waals surface area (Å²) in [7, 11) is 0. The highest BCUT2D eigenvalue weighted by Gasteiger charge is 2.10. The van der Waals surface area contributed by atoms with Crippen molar-refractivity contribution < 1.29 is 9.59 Å². The molecular formula is C22H25N3O2. The molecule has 0 radical (unpaired) electrons. The van der Waals surface area contributed by atoms with Crippen molar-refractivity contribution in [1.29, 1.82) is 0 Å². The number of carbonyl (C=O) groups excluding carboxylic acids is 2.